The molecule has 236 valence electrons. The van der Waals surface area contributed by atoms with Crippen LogP contribution >= 0.6 is 0 Å². The lowest BCUT2D eigenvalue weighted by molar-refractivity contribution is 0.660. The molecule has 1 aliphatic carbocycles. The van der Waals surface area contributed by atoms with Crippen molar-refractivity contribution >= 4 is 60.2 Å². The van der Waals surface area contributed by atoms with Gasteiger partial charge in [0.15, 0.2) is 0 Å². The minimum absolute atomic E-state index is 0.106. The van der Waals surface area contributed by atoms with Gasteiger partial charge in [-0.2, -0.15) is 0 Å². The molecule has 9 aromatic rings. The summed E-state index contributed by atoms with van der Waals surface area (Å²) in [5, 5.41) is 10.1. The molecule has 0 amide bonds. The monoisotopic (exact) mass is 637 g/mol. The van der Waals surface area contributed by atoms with Crippen LogP contribution in [0.5, 0.6) is 0 Å². The molecule has 0 aliphatic heterocycles. The Bertz CT molecular complexity index is 2800. The second-order valence-electron chi connectivity index (χ2n) is 14.1. The quantitative estimate of drug-likeness (QED) is 0.174. The second-order valence-corrected chi connectivity index (χ2v) is 14.1. The zero-order valence-electron chi connectivity index (χ0n) is 28.2. The Morgan fingerprint density at radius 1 is 0.400 bits per heavy atom. The van der Waals surface area contributed by atoms with E-state index in [0.717, 1.165) is 5.69 Å². The van der Waals surface area contributed by atoms with Gasteiger partial charge in [-0.25, -0.2) is 0 Å². The molecule has 0 spiro atoms. The van der Waals surface area contributed by atoms with E-state index in [1.807, 2.05) is 0 Å². The van der Waals surface area contributed by atoms with Gasteiger partial charge >= 0.3 is 0 Å². The number of rotatable bonds is 4. The summed E-state index contributed by atoms with van der Waals surface area (Å²) in [7, 11) is 0. The van der Waals surface area contributed by atoms with Crippen LogP contribution in [0.1, 0.15) is 25.0 Å². The molecule has 10 rings (SSSR count). The Morgan fingerprint density at radius 2 is 1.04 bits per heavy atom. The lowest BCUT2D eigenvalue weighted by atomic mass is 9.82. The number of hydrogen-bond donors (Lipinski definition) is 0. The van der Waals surface area contributed by atoms with Gasteiger partial charge in [0.05, 0.1) is 11.4 Å². The highest BCUT2D eigenvalue weighted by atomic mass is 15.1. The van der Waals surface area contributed by atoms with Crippen LogP contribution in [-0.4, -0.2) is 0 Å². The van der Waals surface area contributed by atoms with Crippen LogP contribution < -0.4 is 4.90 Å². The highest BCUT2D eigenvalue weighted by Crippen LogP contribution is 2.55. The summed E-state index contributed by atoms with van der Waals surface area (Å²) in [6.45, 7) is 4.73. The molecule has 1 nitrogen and oxygen atoms in total. The maximum atomic E-state index is 2.53. The van der Waals surface area contributed by atoms with Gasteiger partial charge in [0.2, 0.25) is 0 Å². The fraction of sp³-hybridized carbons (Fsp3) is 0.0612. The standard InChI is InChI=1S/C49H35N/c1-49(2)43-22-10-9-21-42(43)48-44(49)23-12-24-45(48)50(38-17-11-16-35(30-38)36-27-25-32-13-3-4-15-34(32)29-36)46-31-37-28-26-33-14-5-6-18-39(33)47(37)41-20-8-7-19-40(41)46/h3-31H,1-2H3. The predicted octanol–water partition coefficient (Wildman–Crippen LogP) is 13.7. The number of benzene rings is 9. The molecule has 0 bridgehead atoms. The minimum Gasteiger partial charge on any atom is -0.309 e. The van der Waals surface area contributed by atoms with Crippen molar-refractivity contribution in [3.8, 4) is 22.3 Å². The molecule has 1 heteroatoms. The summed E-state index contributed by atoms with van der Waals surface area (Å²) in [5.74, 6) is 0. The van der Waals surface area contributed by atoms with Crippen LogP contribution in [0.3, 0.4) is 0 Å². The Balaban J connectivity index is 1.29. The fourth-order valence-electron chi connectivity index (χ4n) is 8.57. The van der Waals surface area contributed by atoms with Crippen LogP contribution in [0.2, 0.25) is 0 Å². The molecule has 0 N–H and O–H groups in total. The van der Waals surface area contributed by atoms with Crippen molar-refractivity contribution in [2.45, 2.75) is 19.3 Å². The smallest absolute Gasteiger partial charge is 0.0546 e. The first kappa shape index (κ1) is 28.8. The summed E-state index contributed by atoms with van der Waals surface area (Å²) >= 11 is 0. The SMILES string of the molecule is CC1(C)c2ccccc2-c2c(N(c3cccc(-c4ccc5ccccc5c4)c3)c3cc4ccc5ccccc5c4c4ccccc34)cccc21. The Kier molecular flexibility index (Phi) is 6.29. The number of nitrogens with zero attached hydrogens (tertiary/aromatic N) is 1. The van der Waals surface area contributed by atoms with Crippen LogP contribution in [-0.2, 0) is 5.41 Å². The zero-order valence-corrected chi connectivity index (χ0v) is 28.2. The van der Waals surface area contributed by atoms with Crippen LogP contribution in [0.4, 0.5) is 17.1 Å². The van der Waals surface area contributed by atoms with Crippen LogP contribution in [0, 0.1) is 0 Å². The lowest BCUT2D eigenvalue weighted by Gasteiger charge is -2.30. The minimum atomic E-state index is -0.106. The summed E-state index contributed by atoms with van der Waals surface area (Å²) in [6, 6.07) is 65.1. The van der Waals surface area contributed by atoms with Crippen molar-refractivity contribution < 1.29 is 0 Å². The van der Waals surface area contributed by atoms with E-state index in [9.17, 15) is 0 Å². The molecule has 0 heterocycles. The molecule has 0 radical (unpaired) electrons. The topological polar surface area (TPSA) is 3.24 Å². The van der Waals surface area contributed by atoms with Crippen molar-refractivity contribution in [2.75, 3.05) is 4.90 Å². The number of hydrogen-bond acceptors (Lipinski definition) is 1. The van der Waals surface area contributed by atoms with Crippen molar-refractivity contribution in [2.24, 2.45) is 0 Å². The summed E-state index contributed by atoms with van der Waals surface area (Å²) in [4.78, 5) is 2.53. The molecule has 0 saturated carbocycles. The number of anilines is 3. The normalized spacial score (nSPS) is 13.2. The fourth-order valence-corrected chi connectivity index (χ4v) is 8.57. The van der Waals surface area contributed by atoms with Gasteiger partial charge in [0, 0.05) is 22.1 Å². The van der Waals surface area contributed by atoms with E-state index < -0.39 is 0 Å². The largest absolute Gasteiger partial charge is 0.309 e. The summed E-state index contributed by atoms with van der Waals surface area (Å²) in [5.41, 5.74) is 11.2. The Hall–Kier alpha value is -6.18. The molecular weight excluding hydrogens is 603 g/mol. The average Bonchev–Trinajstić information content (AvgIpc) is 3.41. The van der Waals surface area contributed by atoms with Gasteiger partial charge in [-0.1, -0.05) is 159 Å². The van der Waals surface area contributed by atoms with Gasteiger partial charge in [0.1, 0.15) is 0 Å². The summed E-state index contributed by atoms with van der Waals surface area (Å²) < 4.78 is 0. The third kappa shape index (κ3) is 4.27. The zero-order chi connectivity index (χ0) is 33.4. The molecule has 0 aromatic heterocycles. The van der Waals surface area contributed by atoms with Crippen LogP contribution in [0.25, 0.3) is 65.3 Å². The van der Waals surface area contributed by atoms with Crippen molar-refractivity contribution in [1.29, 1.82) is 0 Å². The van der Waals surface area contributed by atoms with E-state index in [1.165, 1.54) is 87.8 Å². The average molecular weight is 638 g/mol. The molecule has 1 aliphatic rings. The molecule has 0 saturated heterocycles. The highest BCUT2D eigenvalue weighted by molar-refractivity contribution is 6.24. The highest BCUT2D eigenvalue weighted by Gasteiger charge is 2.38. The first-order valence-corrected chi connectivity index (χ1v) is 17.5. The van der Waals surface area contributed by atoms with Gasteiger partial charge < -0.3 is 4.90 Å². The molecule has 0 fully saturated rings. The van der Waals surface area contributed by atoms with Gasteiger partial charge in [-0.15, -0.1) is 0 Å². The van der Waals surface area contributed by atoms with E-state index in [1.54, 1.807) is 0 Å². The third-order valence-corrected chi connectivity index (χ3v) is 11.0. The van der Waals surface area contributed by atoms with E-state index in [4.69, 9.17) is 0 Å². The summed E-state index contributed by atoms with van der Waals surface area (Å²) in [6.07, 6.45) is 0. The number of fused-ring (bicyclic) bond motifs is 9. The molecule has 0 unspecified atom stereocenters. The van der Waals surface area contributed by atoms with Crippen LogP contribution in [0.15, 0.2) is 176 Å². The maximum Gasteiger partial charge on any atom is 0.0546 e. The predicted molar refractivity (Wildman–Crippen MR) is 214 cm³/mol. The first-order valence-electron chi connectivity index (χ1n) is 17.5. The van der Waals surface area contributed by atoms with E-state index in [2.05, 4.69) is 195 Å². The van der Waals surface area contributed by atoms with Gasteiger partial charge in [-0.05, 0) is 95.9 Å². The van der Waals surface area contributed by atoms with Crippen molar-refractivity contribution in [3.05, 3.63) is 187 Å². The lowest BCUT2D eigenvalue weighted by Crippen LogP contribution is -2.16. The van der Waals surface area contributed by atoms with Gasteiger partial charge in [-0.3, -0.25) is 0 Å². The second kappa shape index (κ2) is 10.9. The molecular formula is C49H35N. The van der Waals surface area contributed by atoms with E-state index in [-0.39, 0.29) is 5.41 Å². The van der Waals surface area contributed by atoms with Crippen molar-refractivity contribution in [3.63, 3.8) is 0 Å². The molecule has 0 atom stereocenters. The Morgan fingerprint density at radius 3 is 1.92 bits per heavy atom. The Labute approximate surface area is 292 Å². The van der Waals surface area contributed by atoms with Gasteiger partial charge in [0.25, 0.3) is 0 Å². The maximum absolute atomic E-state index is 2.53. The molecule has 9 aromatic carbocycles. The first-order chi connectivity index (χ1) is 24.6. The third-order valence-electron chi connectivity index (χ3n) is 11.0. The van der Waals surface area contributed by atoms with Crippen molar-refractivity contribution in [1.82, 2.24) is 0 Å². The van der Waals surface area contributed by atoms with E-state index >= 15 is 0 Å². The molecule has 50 heavy (non-hydrogen) atoms. The van der Waals surface area contributed by atoms with E-state index in [0.29, 0.717) is 0 Å².